The molecular formula is C22H20Cl2N4O6. The number of anilines is 1. The third-order valence-electron chi connectivity index (χ3n) is 5.67. The number of aromatic nitrogens is 2. The first kappa shape index (κ1) is 23.7. The number of hydrogen-bond acceptors (Lipinski definition) is 6. The third kappa shape index (κ3) is 3.88. The quantitative estimate of drug-likeness (QED) is 0.491. The van der Waals surface area contributed by atoms with Crippen molar-refractivity contribution in [2.75, 3.05) is 18.6 Å². The minimum atomic E-state index is -1.18. The smallest absolute Gasteiger partial charge is 0.447 e. The molecular weight excluding hydrogens is 487 g/mol. The Hall–Kier alpha value is -3.50. The summed E-state index contributed by atoms with van der Waals surface area (Å²) in [6, 6.07) is 11.8. The molecule has 0 saturated carbocycles. The topological polar surface area (TPSA) is 107 Å². The Bertz CT molecular complexity index is 1360. The van der Waals surface area contributed by atoms with Crippen LogP contribution >= 0.6 is 23.2 Å². The molecule has 4 rings (SSSR count). The monoisotopic (exact) mass is 506 g/mol. The normalized spacial score (nSPS) is 17.3. The molecule has 0 N–H and O–H groups in total. The van der Waals surface area contributed by atoms with E-state index < -0.39 is 35.2 Å². The maximum absolute atomic E-state index is 13.5. The number of benzene rings is 2. The third-order valence-corrected chi connectivity index (χ3v) is 6.18. The lowest BCUT2D eigenvalue weighted by atomic mass is 10.0. The average Bonchev–Trinajstić information content (AvgIpc) is 3.19. The molecule has 10 nitrogen and oxygen atoms in total. The molecule has 2 aromatic carbocycles. The van der Waals surface area contributed by atoms with Crippen molar-refractivity contribution in [1.29, 1.82) is 0 Å². The molecule has 178 valence electrons. The van der Waals surface area contributed by atoms with E-state index >= 15 is 0 Å². The second-order valence-electron chi connectivity index (χ2n) is 8.10. The Labute approximate surface area is 203 Å². The molecule has 1 atom stereocenters. The van der Waals surface area contributed by atoms with Crippen LogP contribution in [0.1, 0.15) is 20.0 Å². The van der Waals surface area contributed by atoms with Gasteiger partial charge in [-0.05, 0) is 62.4 Å². The van der Waals surface area contributed by atoms with E-state index in [2.05, 4.69) is 0 Å². The van der Waals surface area contributed by atoms with Gasteiger partial charge in [0.1, 0.15) is 6.54 Å². The van der Waals surface area contributed by atoms with Crippen LogP contribution in [0.5, 0.6) is 0 Å². The summed E-state index contributed by atoms with van der Waals surface area (Å²) in [5.74, 6) is -1.59. The molecule has 0 radical (unpaired) electrons. The van der Waals surface area contributed by atoms with Gasteiger partial charge in [0, 0.05) is 15.7 Å². The molecule has 12 heteroatoms. The highest BCUT2D eigenvalue weighted by Crippen LogP contribution is 2.42. The van der Waals surface area contributed by atoms with E-state index in [4.69, 9.17) is 32.5 Å². The first-order valence-electron chi connectivity index (χ1n) is 10.1. The van der Waals surface area contributed by atoms with E-state index in [-0.39, 0.29) is 12.2 Å². The van der Waals surface area contributed by atoms with Crippen LogP contribution in [0.2, 0.25) is 10.0 Å². The molecule has 1 aromatic heterocycles. The molecule has 0 spiro atoms. The van der Waals surface area contributed by atoms with Crippen molar-refractivity contribution < 1.29 is 18.8 Å². The van der Waals surface area contributed by atoms with E-state index in [9.17, 15) is 19.2 Å². The first-order chi connectivity index (χ1) is 16.1. The van der Waals surface area contributed by atoms with Crippen molar-refractivity contribution in [3.8, 4) is 5.69 Å². The molecule has 2 heterocycles. The van der Waals surface area contributed by atoms with Gasteiger partial charge in [0.25, 0.3) is 0 Å². The number of esters is 1. The summed E-state index contributed by atoms with van der Waals surface area (Å²) in [6.07, 6.45) is -1.13. The van der Waals surface area contributed by atoms with Crippen molar-refractivity contribution >= 4 is 40.9 Å². The zero-order valence-corrected chi connectivity index (χ0v) is 19.9. The van der Waals surface area contributed by atoms with Gasteiger partial charge in [0.05, 0.1) is 18.3 Å². The van der Waals surface area contributed by atoms with Crippen LogP contribution in [-0.4, -0.2) is 45.4 Å². The molecule has 2 amide bonds. The summed E-state index contributed by atoms with van der Waals surface area (Å²) in [7, 11) is 1.21. The molecule has 0 bridgehead atoms. The van der Waals surface area contributed by atoms with Crippen molar-refractivity contribution in [2.24, 2.45) is 0 Å². The number of urea groups is 1. The number of carbonyl (C=O) groups is 2. The summed E-state index contributed by atoms with van der Waals surface area (Å²) >= 11 is 11.9. The maximum Gasteiger partial charge on any atom is 0.447 e. The molecule has 34 heavy (non-hydrogen) atoms. The summed E-state index contributed by atoms with van der Waals surface area (Å²) in [5.41, 5.74) is -1.36. The van der Waals surface area contributed by atoms with Crippen LogP contribution in [0, 0.1) is 0 Å². The SMILES string of the molecule is COC(=O)CN1C(=O)N(c2ccc(Cl)cc2)C(n2oc(=O)n(-c3ccc(Cl)cc3)c2=O)C1(C)C. The van der Waals surface area contributed by atoms with Crippen molar-refractivity contribution in [3.05, 3.63) is 79.6 Å². The second kappa shape index (κ2) is 8.69. The fourth-order valence-corrected chi connectivity index (χ4v) is 4.20. The van der Waals surface area contributed by atoms with Crippen molar-refractivity contribution in [3.63, 3.8) is 0 Å². The maximum atomic E-state index is 13.5. The number of amides is 2. The Morgan fingerprint density at radius 2 is 1.50 bits per heavy atom. The number of hydrogen-bond donors (Lipinski definition) is 0. The first-order valence-corrected chi connectivity index (χ1v) is 10.9. The van der Waals surface area contributed by atoms with Crippen LogP contribution in [-0.2, 0) is 9.53 Å². The number of ether oxygens (including phenoxy) is 1. The molecule has 1 saturated heterocycles. The molecule has 0 aliphatic carbocycles. The highest BCUT2D eigenvalue weighted by Gasteiger charge is 2.55. The number of nitrogens with zero attached hydrogens (tertiary/aromatic N) is 4. The van der Waals surface area contributed by atoms with Gasteiger partial charge < -0.3 is 14.2 Å². The minimum absolute atomic E-state index is 0.244. The van der Waals surface area contributed by atoms with Crippen LogP contribution < -0.4 is 16.3 Å². The summed E-state index contributed by atoms with van der Waals surface area (Å²) < 4.78 is 11.8. The lowest BCUT2D eigenvalue weighted by Crippen LogP contribution is -2.48. The van der Waals surface area contributed by atoms with E-state index in [0.717, 1.165) is 9.31 Å². The standard InChI is InChI=1S/C22H20Cl2N4O6/c1-22(2)18(28-20(31)27(21(32)34-28)16-10-6-14(24)7-11-16)26(15-8-4-13(23)5-9-15)19(30)25(22)12-17(29)33-3/h4-11,18H,12H2,1-3H3. The highest BCUT2D eigenvalue weighted by molar-refractivity contribution is 6.30. The zero-order chi connectivity index (χ0) is 24.8. The number of carbonyl (C=O) groups excluding carboxylic acids is 2. The van der Waals surface area contributed by atoms with Gasteiger partial charge in [-0.3, -0.25) is 9.69 Å². The Morgan fingerprint density at radius 3 is 2.03 bits per heavy atom. The van der Waals surface area contributed by atoms with E-state index in [0.29, 0.717) is 15.7 Å². The van der Waals surface area contributed by atoms with Crippen LogP contribution in [0.4, 0.5) is 10.5 Å². The molecule has 1 aliphatic rings. The summed E-state index contributed by atoms with van der Waals surface area (Å²) in [6.45, 7) is 2.93. The van der Waals surface area contributed by atoms with E-state index in [1.807, 2.05) is 0 Å². The molecule has 1 fully saturated rings. The van der Waals surface area contributed by atoms with Gasteiger partial charge in [0.15, 0.2) is 6.17 Å². The lowest BCUT2D eigenvalue weighted by molar-refractivity contribution is -0.142. The summed E-state index contributed by atoms with van der Waals surface area (Å²) in [4.78, 5) is 54.2. The van der Waals surface area contributed by atoms with E-state index in [1.54, 1.807) is 38.1 Å². The zero-order valence-electron chi connectivity index (χ0n) is 18.4. The predicted octanol–water partition coefficient (Wildman–Crippen LogP) is 3.29. The van der Waals surface area contributed by atoms with Crippen molar-refractivity contribution in [1.82, 2.24) is 14.2 Å². The fourth-order valence-electron chi connectivity index (χ4n) is 3.95. The Morgan fingerprint density at radius 1 is 0.971 bits per heavy atom. The second-order valence-corrected chi connectivity index (χ2v) is 8.97. The largest absolute Gasteiger partial charge is 0.468 e. The number of halogens is 2. The fraction of sp³-hybridized carbons (Fsp3) is 0.273. The molecule has 3 aromatic rings. The van der Waals surface area contributed by atoms with Crippen LogP contribution in [0.25, 0.3) is 5.69 Å². The van der Waals surface area contributed by atoms with Crippen molar-refractivity contribution in [2.45, 2.75) is 25.6 Å². The van der Waals surface area contributed by atoms with Crippen LogP contribution in [0.3, 0.4) is 0 Å². The van der Waals surface area contributed by atoms with Gasteiger partial charge in [-0.15, -0.1) is 4.74 Å². The van der Waals surface area contributed by atoms with Crippen LogP contribution in [0.15, 0.2) is 62.6 Å². The Kier molecular flexibility index (Phi) is 6.05. The molecule has 1 aliphatic heterocycles. The summed E-state index contributed by atoms with van der Waals surface area (Å²) in [5, 5.41) is 0.866. The van der Waals surface area contributed by atoms with Gasteiger partial charge in [-0.25, -0.2) is 14.4 Å². The average molecular weight is 507 g/mol. The lowest BCUT2D eigenvalue weighted by Gasteiger charge is -2.33. The van der Waals surface area contributed by atoms with Gasteiger partial charge >= 0.3 is 23.4 Å². The predicted molar refractivity (Wildman–Crippen MR) is 125 cm³/mol. The van der Waals surface area contributed by atoms with Gasteiger partial charge in [-0.2, -0.15) is 4.57 Å². The number of methoxy groups -OCH3 is 1. The van der Waals surface area contributed by atoms with Gasteiger partial charge in [-0.1, -0.05) is 23.2 Å². The van der Waals surface area contributed by atoms with E-state index in [1.165, 1.54) is 41.2 Å². The Balaban J connectivity index is 1.90. The molecule has 1 unspecified atom stereocenters. The minimum Gasteiger partial charge on any atom is -0.468 e. The number of rotatable bonds is 5. The highest BCUT2D eigenvalue weighted by atomic mass is 35.5. The van der Waals surface area contributed by atoms with Gasteiger partial charge in [0.2, 0.25) is 0 Å².